The lowest BCUT2D eigenvalue weighted by molar-refractivity contribution is 1.01. The van der Waals surface area contributed by atoms with E-state index in [4.69, 9.17) is 0 Å². The zero-order chi connectivity index (χ0) is 14.2. The number of nitrogens with one attached hydrogen (secondary N) is 1. The number of rotatable bonds is 2. The molecule has 0 amide bonds. The van der Waals surface area contributed by atoms with Crippen LogP contribution in [0.25, 0.3) is 16.7 Å². The average molecular weight is 276 g/mol. The number of aromatic amines is 1. The number of H-pyrrole nitrogens is 1. The van der Waals surface area contributed by atoms with Gasteiger partial charge in [-0.25, -0.2) is 4.98 Å². The van der Waals surface area contributed by atoms with Crippen molar-refractivity contribution in [3.8, 4) is 0 Å². The maximum absolute atomic E-state index is 12.2. The molecule has 0 atom stereocenters. The molecule has 3 heterocycles. The summed E-state index contributed by atoms with van der Waals surface area (Å²) >= 11 is 0. The number of hydrogen-bond acceptors (Lipinski definition) is 3. The van der Waals surface area contributed by atoms with E-state index in [1.165, 1.54) is 0 Å². The standard InChI is InChI=1S/C16H12N4O/c21-16-12(8-11-4-2-1-3-5-11)9-20-7-6-13-14(15(20)19-16)18-10-17-13/h1-7,9-10H,8H2,(H,17,18). The van der Waals surface area contributed by atoms with Crippen molar-refractivity contribution < 1.29 is 0 Å². The van der Waals surface area contributed by atoms with Crippen LogP contribution in [0.3, 0.4) is 0 Å². The van der Waals surface area contributed by atoms with Crippen molar-refractivity contribution in [1.29, 1.82) is 0 Å². The third kappa shape index (κ3) is 1.99. The van der Waals surface area contributed by atoms with E-state index in [0.717, 1.165) is 11.1 Å². The number of pyridine rings is 1. The van der Waals surface area contributed by atoms with Gasteiger partial charge in [-0.1, -0.05) is 30.3 Å². The van der Waals surface area contributed by atoms with Crippen LogP contribution < -0.4 is 5.56 Å². The highest BCUT2D eigenvalue weighted by atomic mass is 16.1. The van der Waals surface area contributed by atoms with Crippen molar-refractivity contribution in [3.05, 3.63) is 76.6 Å². The fourth-order valence-corrected chi connectivity index (χ4v) is 2.50. The van der Waals surface area contributed by atoms with Crippen LogP contribution in [-0.2, 0) is 6.42 Å². The van der Waals surface area contributed by atoms with E-state index in [-0.39, 0.29) is 5.56 Å². The van der Waals surface area contributed by atoms with Gasteiger partial charge in [-0.2, -0.15) is 4.98 Å². The van der Waals surface area contributed by atoms with Crippen LogP contribution in [0.5, 0.6) is 0 Å². The molecule has 4 aromatic rings. The summed E-state index contributed by atoms with van der Waals surface area (Å²) < 4.78 is 1.85. The van der Waals surface area contributed by atoms with Crippen molar-refractivity contribution in [3.63, 3.8) is 0 Å². The summed E-state index contributed by atoms with van der Waals surface area (Å²) in [6, 6.07) is 11.8. The van der Waals surface area contributed by atoms with Crippen LogP contribution in [0.1, 0.15) is 11.1 Å². The molecule has 3 aromatic heterocycles. The molecule has 0 saturated carbocycles. The summed E-state index contributed by atoms with van der Waals surface area (Å²) in [6.07, 6.45) is 5.91. The molecule has 1 aromatic carbocycles. The monoisotopic (exact) mass is 276 g/mol. The zero-order valence-electron chi connectivity index (χ0n) is 11.2. The Kier molecular flexibility index (Phi) is 2.57. The summed E-state index contributed by atoms with van der Waals surface area (Å²) in [5, 5.41) is 0. The van der Waals surface area contributed by atoms with E-state index in [1.807, 2.05) is 53.2 Å². The molecule has 0 unspecified atom stereocenters. The number of imidazole rings is 1. The molecule has 0 bridgehead atoms. The second-order valence-electron chi connectivity index (χ2n) is 4.95. The molecule has 102 valence electrons. The van der Waals surface area contributed by atoms with Gasteiger partial charge in [0.2, 0.25) is 0 Å². The second kappa shape index (κ2) is 4.56. The fourth-order valence-electron chi connectivity index (χ4n) is 2.50. The average Bonchev–Trinajstić information content (AvgIpc) is 2.98. The Morgan fingerprint density at radius 2 is 2.00 bits per heavy atom. The van der Waals surface area contributed by atoms with Crippen molar-refractivity contribution in [2.45, 2.75) is 6.42 Å². The van der Waals surface area contributed by atoms with Crippen LogP contribution in [0.2, 0.25) is 0 Å². The molecule has 0 saturated heterocycles. The zero-order valence-corrected chi connectivity index (χ0v) is 11.2. The summed E-state index contributed by atoms with van der Waals surface area (Å²) in [7, 11) is 0. The predicted molar refractivity (Wildman–Crippen MR) is 80.4 cm³/mol. The van der Waals surface area contributed by atoms with Crippen LogP contribution in [0.4, 0.5) is 0 Å². The second-order valence-corrected chi connectivity index (χ2v) is 4.95. The molecule has 5 nitrogen and oxygen atoms in total. The summed E-state index contributed by atoms with van der Waals surface area (Å²) in [6.45, 7) is 0. The first kappa shape index (κ1) is 11.8. The number of hydrogen-bond donors (Lipinski definition) is 1. The minimum Gasteiger partial charge on any atom is -0.344 e. The topological polar surface area (TPSA) is 63.0 Å². The van der Waals surface area contributed by atoms with Crippen molar-refractivity contribution in [1.82, 2.24) is 19.4 Å². The highest BCUT2D eigenvalue weighted by Crippen LogP contribution is 2.14. The molecule has 0 spiro atoms. The summed E-state index contributed by atoms with van der Waals surface area (Å²) in [5.74, 6) is 0. The molecule has 5 heteroatoms. The van der Waals surface area contributed by atoms with E-state index >= 15 is 0 Å². The van der Waals surface area contributed by atoms with Crippen LogP contribution >= 0.6 is 0 Å². The molecule has 4 rings (SSSR count). The lowest BCUT2D eigenvalue weighted by atomic mass is 10.1. The summed E-state index contributed by atoms with van der Waals surface area (Å²) in [5.41, 5.74) is 3.73. The Hall–Kier alpha value is -2.95. The fraction of sp³-hybridized carbons (Fsp3) is 0.0625. The van der Waals surface area contributed by atoms with Crippen LogP contribution in [-0.4, -0.2) is 19.4 Å². The Morgan fingerprint density at radius 1 is 1.14 bits per heavy atom. The van der Waals surface area contributed by atoms with Gasteiger partial charge in [-0.3, -0.25) is 4.79 Å². The maximum atomic E-state index is 12.2. The highest BCUT2D eigenvalue weighted by molar-refractivity contribution is 5.87. The number of fused-ring (bicyclic) bond motifs is 3. The van der Waals surface area contributed by atoms with E-state index in [0.29, 0.717) is 23.1 Å². The van der Waals surface area contributed by atoms with Crippen LogP contribution in [0, 0.1) is 0 Å². The molecule has 0 fully saturated rings. The van der Waals surface area contributed by atoms with Crippen molar-refractivity contribution >= 4 is 16.7 Å². The first-order valence-corrected chi connectivity index (χ1v) is 6.69. The van der Waals surface area contributed by atoms with Gasteiger partial charge < -0.3 is 9.38 Å². The van der Waals surface area contributed by atoms with E-state index in [1.54, 1.807) is 6.33 Å². The van der Waals surface area contributed by atoms with Gasteiger partial charge in [0.05, 0.1) is 11.8 Å². The van der Waals surface area contributed by atoms with Crippen LogP contribution in [0.15, 0.2) is 59.9 Å². The third-order valence-corrected chi connectivity index (χ3v) is 3.54. The highest BCUT2D eigenvalue weighted by Gasteiger charge is 2.08. The number of benzene rings is 1. The van der Waals surface area contributed by atoms with Gasteiger partial charge in [0.25, 0.3) is 5.56 Å². The smallest absolute Gasteiger partial charge is 0.276 e. The van der Waals surface area contributed by atoms with E-state index in [9.17, 15) is 4.79 Å². The van der Waals surface area contributed by atoms with Gasteiger partial charge >= 0.3 is 0 Å². The Bertz CT molecular complexity index is 985. The molecule has 0 aliphatic carbocycles. The third-order valence-electron chi connectivity index (χ3n) is 3.54. The molecule has 0 aliphatic rings. The normalized spacial score (nSPS) is 11.2. The van der Waals surface area contributed by atoms with Crippen molar-refractivity contribution in [2.75, 3.05) is 0 Å². The van der Waals surface area contributed by atoms with Gasteiger partial charge in [0, 0.05) is 24.4 Å². The molecule has 1 N–H and O–H groups in total. The first-order valence-electron chi connectivity index (χ1n) is 6.69. The maximum Gasteiger partial charge on any atom is 0.276 e. The van der Waals surface area contributed by atoms with E-state index < -0.39 is 0 Å². The van der Waals surface area contributed by atoms with Gasteiger partial charge in [0.15, 0.2) is 5.65 Å². The van der Waals surface area contributed by atoms with Gasteiger partial charge in [0.1, 0.15) is 5.52 Å². The molecular weight excluding hydrogens is 264 g/mol. The minimum absolute atomic E-state index is 0.200. The molecule has 0 aliphatic heterocycles. The molecular formula is C16H12N4O. The lowest BCUT2D eigenvalue weighted by Gasteiger charge is -2.05. The number of aromatic nitrogens is 4. The first-order chi connectivity index (χ1) is 10.3. The van der Waals surface area contributed by atoms with Gasteiger partial charge in [-0.05, 0) is 11.6 Å². The predicted octanol–water partition coefficient (Wildman–Crippen LogP) is 2.16. The quantitative estimate of drug-likeness (QED) is 0.610. The minimum atomic E-state index is -0.200. The SMILES string of the molecule is O=c1nc2c3nc[nH]c3ccn2cc1Cc1ccccc1. The Balaban J connectivity index is 1.89. The Labute approximate surface area is 119 Å². The Morgan fingerprint density at radius 3 is 2.86 bits per heavy atom. The largest absolute Gasteiger partial charge is 0.344 e. The summed E-state index contributed by atoms with van der Waals surface area (Å²) in [4.78, 5) is 23.7. The van der Waals surface area contributed by atoms with E-state index in [2.05, 4.69) is 15.0 Å². The molecule has 0 radical (unpaired) electrons. The molecule has 21 heavy (non-hydrogen) atoms. The van der Waals surface area contributed by atoms with Crippen molar-refractivity contribution in [2.24, 2.45) is 0 Å². The number of nitrogens with zero attached hydrogens (tertiary/aromatic N) is 3. The van der Waals surface area contributed by atoms with Gasteiger partial charge in [-0.15, -0.1) is 0 Å². The lowest BCUT2D eigenvalue weighted by Crippen LogP contribution is -2.15.